The molecule has 0 radical (unpaired) electrons. The average molecular weight is 1610 g/mol. The SMILES string of the molecule is CC(=O)N(CC(O)C(O)CN(Oc1c(I)c(C(=O)NC(C)(O)CO)c(I)c(C(=O)NC(C)(O)CO)c1I)C(C)=O)Oc1c(I)c(C(=O)NC(C)(O)CO)c(I)c(C(=O)NC(C)(O)CO)c1I. The monoisotopic (exact) mass is 1610 g/mol. The highest BCUT2D eigenvalue weighted by molar-refractivity contribution is 14.1. The number of halogens is 6. The first kappa shape index (κ1) is 61.0. The van der Waals surface area contributed by atoms with Crippen molar-refractivity contribution < 1.29 is 89.5 Å². The van der Waals surface area contributed by atoms with E-state index in [0.717, 1.165) is 41.5 Å². The van der Waals surface area contributed by atoms with E-state index in [9.17, 15) is 79.8 Å². The van der Waals surface area contributed by atoms with Crippen LogP contribution in [0, 0.1) is 21.4 Å². The van der Waals surface area contributed by atoms with Gasteiger partial charge in [-0.25, -0.2) is 0 Å². The number of aliphatic hydroxyl groups is 10. The van der Waals surface area contributed by atoms with Crippen molar-refractivity contribution in [3.05, 3.63) is 43.7 Å². The number of aliphatic hydroxyl groups excluding tert-OH is 6. The van der Waals surface area contributed by atoms with Gasteiger partial charge < -0.3 is 82.0 Å². The number of amides is 6. The summed E-state index contributed by atoms with van der Waals surface area (Å²) in [7, 11) is 0. The zero-order valence-electron chi connectivity index (χ0n) is 35.3. The molecule has 0 saturated carbocycles. The molecule has 6 atom stereocenters. The van der Waals surface area contributed by atoms with Gasteiger partial charge >= 0.3 is 0 Å². The second-order valence-corrected chi connectivity index (χ2v) is 21.5. The molecule has 370 valence electrons. The molecular weight excluding hydrogens is 1570 g/mol. The first-order valence-electron chi connectivity index (χ1n) is 18.5. The lowest BCUT2D eigenvalue weighted by molar-refractivity contribution is -0.172. The Morgan fingerprint density at radius 2 is 0.667 bits per heavy atom. The zero-order chi connectivity index (χ0) is 51.2. The summed E-state index contributed by atoms with van der Waals surface area (Å²) in [5.74, 6) is -6.66. The molecular formula is C36H46I6N6O18. The van der Waals surface area contributed by atoms with E-state index in [1.165, 1.54) is 0 Å². The van der Waals surface area contributed by atoms with Crippen LogP contribution in [0.15, 0.2) is 0 Å². The van der Waals surface area contributed by atoms with Crippen molar-refractivity contribution in [1.29, 1.82) is 0 Å². The smallest absolute Gasteiger partial charge is 0.255 e. The number of nitrogens with one attached hydrogen (secondary N) is 4. The summed E-state index contributed by atoms with van der Waals surface area (Å²) in [6.45, 7) is 0.858. The molecule has 24 nitrogen and oxygen atoms in total. The van der Waals surface area contributed by atoms with Crippen LogP contribution in [0.3, 0.4) is 0 Å². The number of hydrogen-bond donors (Lipinski definition) is 14. The van der Waals surface area contributed by atoms with Gasteiger partial charge in [-0.1, -0.05) is 0 Å². The summed E-state index contributed by atoms with van der Waals surface area (Å²) in [6, 6.07) is 0. The maximum absolute atomic E-state index is 13.6. The van der Waals surface area contributed by atoms with Gasteiger partial charge in [-0.05, 0) is 163 Å². The summed E-state index contributed by atoms with van der Waals surface area (Å²) < 4.78 is -0.409. The van der Waals surface area contributed by atoms with Gasteiger partial charge in [0.05, 0.1) is 76.1 Å². The predicted molar refractivity (Wildman–Crippen MR) is 278 cm³/mol. The molecule has 14 N–H and O–H groups in total. The van der Waals surface area contributed by atoms with E-state index in [1.807, 2.05) is 0 Å². The number of rotatable bonds is 21. The Morgan fingerprint density at radius 1 is 0.470 bits per heavy atom. The van der Waals surface area contributed by atoms with Crippen LogP contribution in [0.25, 0.3) is 0 Å². The molecule has 0 aliphatic carbocycles. The molecule has 6 amide bonds. The van der Waals surface area contributed by atoms with E-state index in [4.69, 9.17) is 9.68 Å². The molecule has 66 heavy (non-hydrogen) atoms. The van der Waals surface area contributed by atoms with Crippen LogP contribution < -0.4 is 30.9 Å². The van der Waals surface area contributed by atoms with E-state index in [1.54, 1.807) is 136 Å². The van der Waals surface area contributed by atoms with Crippen LogP contribution in [-0.4, -0.2) is 171 Å². The minimum Gasteiger partial charge on any atom is -0.391 e. The van der Waals surface area contributed by atoms with Crippen molar-refractivity contribution in [2.24, 2.45) is 0 Å². The Bertz CT molecular complexity index is 1950. The van der Waals surface area contributed by atoms with E-state index < -0.39 is 110 Å². The van der Waals surface area contributed by atoms with Gasteiger partial charge in [0.1, 0.15) is 12.2 Å². The summed E-state index contributed by atoms with van der Waals surface area (Å²) in [6.07, 6.45) is -3.97. The van der Waals surface area contributed by atoms with E-state index in [-0.39, 0.29) is 55.2 Å². The molecule has 30 heteroatoms. The molecule has 0 aliphatic heterocycles. The largest absolute Gasteiger partial charge is 0.391 e. The summed E-state index contributed by atoms with van der Waals surface area (Å²) in [5, 5.41) is 112. The molecule has 0 spiro atoms. The predicted octanol–water partition coefficient (Wildman–Crippen LogP) is -1.26. The number of carbonyl (C=O) groups is 6. The molecule has 6 unspecified atom stereocenters. The molecule has 2 aromatic rings. The Balaban J connectivity index is 2.69. The standard InChI is InChI=1S/C36H46I6N6O18/c1-13(53)47(65-27-23(39)17(29(57)43-33(3,61)9-49)21(37)18(24(27)40)30(58)44-34(4,62)10-50)7-15(55)16(56)8-48(14(2)54)66-28-25(41)19(31(59)45-35(5,63)11-51)22(38)20(26(28)42)32(60)46-36(6,64)12-52/h15-16,49-52,55-56,61-64H,7-12H2,1-6H3,(H,43,57)(H,44,58)(H,45,59)(H,46,60). The minimum absolute atomic E-state index is 0.0626. The lowest BCUT2D eigenvalue weighted by Crippen LogP contribution is -2.50. The summed E-state index contributed by atoms with van der Waals surface area (Å²) in [5.41, 5.74) is -9.89. The third-order valence-electron chi connectivity index (χ3n) is 8.48. The number of hydroxylamine groups is 4. The Morgan fingerprint density at radius 3 is 0.833 bits per heavy atom. The van der Waals surface area contributed by atoms with E-state index in [2.05, 4.69) is 21.3 Å². The van der Waals surface area contributed by atoms with Crippen LogP contribution in [-0.2, 0) is 9.59 Å². The Kier molecular flexibility index (Phi) is 22.9. The van der Waals surface area contributed by atoms with Gasteiger partial charge in [0.25, 0.3) is 35.4 Å². The number of hydrogen-bond acceptors (Lipinski definition) is 18. The minimum atomic E-state index is -2.16. The van der Waals surface area contributed by atoms with Crippen LogP contribution in [0.4, 0.5) is 0 Å². The Labute approximate surface area is 458 Å². The molecule has 0 fully saturated rings. The Hall–Kier alpha value is -1.16. The molecule has 0 aliphatic rings. The first-order chi connectivity index (χ1) is 30.1. The van der Waals surface area contributed by atoms with E-state index >= 15 is 0 Å². The van der Waals surface area contributed by atoms with Gasteiger partial charge in [-0.2, -0.15) is 10.1 Å². The molecule has 2 aromatic carbocycles. The maximum atomic E-state index is 13.6. The quantitative estimate of drug-likeness (QED) is 0.0394. The van der Waals surface area contributed by atoms with E-state index in [0.29, 0.717) is 10.1 Å². The summed E-state index contributed by atoms with van der Waals surface area (Å²) in [4.78, 5) is 92.2. The van der Waals surface area contributed by atoms with Crippen molar-refractivity contribution in [3.63, 3.8) is 0 Å². The molecule has 0 bridgehead atoms. The number of nitrogens with zero attached hydrogens (tertiary/aromatic N) is 2. The van der Waals surface area contributed by atoms with Crippen molar-refractivity contribution in [3.8, 4) is 11.5 Å². The van der Waals surface area contributed by atoms with Crippen molar-refractivity contribution in [2.45, 2.75) is 76.7 Å². The van der Waals surface area contributed by atoms with Crippen molar-refractivity contribution in [2.75, 3.05) is 39.5 Å². The molecule has 2 rings (SSSR count). The number of benzene rings is 2. The van der Waals surface area contributed by atoms with Crippen molar-refractivity contribution >= 4 is 171 Å². The van der Waals surface area contributed by atoms with Crippen molar-refractivity contribution in [1.82, 2.24) is 31.4 Å². The second kappa shape index (κ2) is 24.8. The fourth-order valence-electron chi connectivity index (χ4n) is 4.89. The fraction of sp³-hybridized carbons (Fsp3) is 0.500. The van der Waals surface area contributed by atoms with Gasteiger partial charge in [0, 0.05) is 21.0 Å². The maximum Gasteiger partial charge on any atom is 0.255 e. The van der Waals surface area contributed by atoms with Gasteiger partial charge in [-0.3, -0.25) is 28.8 Å². The zero-order valence-corrected chi connectivity index (χ0v) is 48.2. The van der Waals surface area contributed by atoms with Gasteiger partial charge in [-0.15, -0.1) is 0 Å². The summed E-state index contributed by atoms with van der Waals surface area (Å²) >= 11 is 9.88. The highest BCUT2D eigenvalue weighted by atomic mass is 127. The molecule has 0 saturated heterocycles. The van der Waals surface area contributed by atoms with Crippen LogP contribution in [0.1, 0.15) is 83.0 Å². The lowest BCUT2D eigenvalue weighted by atomic mass is 10.1. The normalized spacial score (nSPS) is 15.9. The topological polar surface area (TPSA) is 378 Å². The molecule has 0 heterocycles. The second-order valence-electron chi connectivity index (χ2n) is 15.1. The highest BCUT2D eigenvalue weighted by Crippen LogP contribution is 2.40. The van der Waals surface area contributed by atoms with Crippen LogP contribution >= 0.6 is 136 Å². The molecule has 0 aromatic heterocycles. The van der Waals surface area contributed by atoms with Gasteiger partial charge in [0.2, 0.25) is 0 Å². The third kappa shape index (κ3) is 15.9. The highest BCUT2D eigenvalue weighted by Gasteiger charge is 2.38. The lowest BCUT2D eigenvalue weighted by Gasteiger charge is -2.31. The van der Waals surface area contributed by atoms with Crippen LogP contribution in [0.2, 0.25) is 0 Å². The fourth-order valence-corrected chi connectivity index (χ4v) is 13.6. The first-order valence-corrected chi connectivity index (χ1v) is 24.9. The van der Waals surface area contributed by atoms with Crippen LogP contribution in [0.5, 0.6) is 11.5 Å². The average Bonchev–Trinajstić information content (AvgIpc) is 3.18. The van der Waals surface area contributed by atoms with Gasteiger partial charge in [0.15, 0.2) is 34.4 Å². The third-order valence-corrected chi connectivity index (χ3v) is 14.8. The number of carbonyl (C=O) groups excluding carboxylic acids is 6.